The number of anilines is 1. The average molecular weight is 416 g/mol. The molecule has 0 aliphatic carbocycles. The lowest BCUT2D eigenvalue weighted by Gasteiger charge is -2.13. The van der Waals surface area contributed by atoms with Crippen molar-refractivity contribution in [2.24, 2.45) is 0 Å². The predicted octanol–water partition coefficient (Wildman–Crippen LogP) is 4.91. The van der Waals surface area contributed by atoms with Gasteiger partial charge in [0, 0.05) is 17.1 Å². The van der Waals surface area contributed by atoms with Crippen molar-refractivity contribution < 1.29 is 27.5 Å². The molecule has 0 aliphatic heterocycles. The Kier molecular flexibility index (Phi) is 5.96. The summed E-state index contributed by atoms with van der Waals surface area (Å²) in [6, 6.07) is 15.6. The van der Waals surface area contributed by atoms with E-state index in [9.17, 15) is 22.8 Å². The fraction of sp³-hybridized carbons (Fsp3) is 0.182. The van der Waals surface area contributed by atoms with Gasteiger partial charge in [-0.25, -0.2) is 4.79 Å². The van der Waals surface area contributed by atoms with E-state index in [1.165, 1.54) is 12.1 Å². The minimum Gasteiger partial charge on any atom is -0.452 e. The summed E-state index contributed by atoms with van der Waals surface area (Å²) in [4.78, 5) is 24.5. The molecule has 1 amide bonds. The largest absolute Gasteiger partial charge is 0.452 e. The lowest BCUT2D eigenvalue weighted by molar-refractivity contribution is -0.137. The highest BCUT2D eigenvalue weighted by atomic mass is 19.4. The summed E-state index contributed by atoms with van der Waals surface area (Å²) < 4.78 is 46.0. The van der Waals surface area contributed by atoms with E-state index in [-0.39, 0.29) is 5.56 Å². The first-order chi connectivity index (χ1) is 14.2. The number of hydrogen-bond donors (Lipinski definition) is 1. The van der Waals surface area contributed by atoms with E-state index in [0.717, 1.165) is 23.5 Å². The first-order valence-corrected chi connectivity index (χ1v) is 9.06. The molecule has 0 unspecified atom stereocenters. The average Bonchev–Trinajstić information content (AvgIpc) is 3.00. The third-order valence-corrected chi connectivity index (χ3v) is 4.51. The Balaban J connectivity index is 1.69. The topological polar surface area (TPSA) is 60.3 Å². The minimum atomic E-state index is -4.62. The highest BCUT2D eigenvalue weighted by Crippen LogP contribution is 2.34. The Labute approximate surface area is 171 Å². The van der Waals surface area contributed by atoms with Crippen LogP contribution in [0.2, 0.25) is 0 Å². The van der Waals surface area contributed by atoms with Gasteiger partial charge in [-0.15, -0.1) is 0 Å². The number of hydrogen-bond acceptors (Lipinski definition) is 3. The van der Waals surface area contributed by atoms with Gasteiger partial charge in [0.05, 0.1) is 16.8 Å². The quantitative estimate of drug-likeness (QED) is 0.602. The third kappa shape index (κ3) is 4.53. The second-order valence-corrected chi connectivity index (χ2v) is 6.62. The highest BCUT2D eigenvalue weighted by molar-refractivity contribution is 5.96. The summed E-state index contributed by atoms with van der Waals surface area (Å²) in [7, 11) is 0. The molecular formula is C22H19F3N2O3. The molecule has 1 N–H and O–H groups in total. The molecule has 30 heavy (non-hydrogen) atoms. The van der Waals surface area contributed by atoms with Crippen molar-refractivity contribution in [3.63, 3.8) is 0 Å². The van der Waals surface area contributed by atoms with Crippen molar-refractivity contribution in [2.75, 3.05) is 11.9 Å². The van der Waals surface area contributed by atoms with Crippen LogP contribution in [0.15, 0.2) is 60.7 Å². The number of amides is 1. The molecule has 0 bridgehead atoms. The Morgan fingerprint density at radius 3 is 2.30 bits per heavy atom. The standard InChI is InChI=1S/C22H19F3N2O3/c1-14-12-17(15(2)27(14)16-8-4-3-5-9-16)21(29)30-13-20(28)26-19-11-7-6-10-18(19)22(23,24)25/h3-12H,13H2,1-2H3,(H,26,28). The number of aromatic nitrogens is 1. The zero-order valence-corrected chi connectivity index (χ0v) is 16.3. The smallest absolute Gasteiger partial charge is 0.418 e. The van der Waals surface area contributed by atoms with E-state index in [1.54, 1.807) is 13.0 Å². The molecule has 3 aromatic rings. The van der Waals surface area contributed by atoms with Crippen LogP contribution in [0.25, 0.3) is 5.69 Å². The number of benzene rings is 2. The van der Waals surface area contributed by atoms with E-state index in [0.29, 0.717) is 5.69 Å². The van der Waals surface area contributed by atoms with Crippen LogP contribution in [-0.2, 0) is 15.7 Å². The lowest BCUT2D eigenvalue weighted by Crippen LogP contribution is -2.23. The molecule has 0 atom stereocenters. The minimum absolute atomic E-state index is 0.278. The van der Waals surface area contributed by atoms with Crippen molar-refractivity contribution >= 4 is 17.6 Å². The van der Waals surface area contributed by atoms with E-state index in [1.807, 2.05) is 41.8 Å². The fourth-order valence-corrected chi connectivity index (χ4v) is 3.18. The highest BCUT2D eigenvalue weighted by Gasteiger charge is 2.33. The van der Waals surface area contributed by atoms with Crippen molar-refractivity contribution in [3.05, 3.63) is 83.2 Å². The molecule has 8 heteroatoms. The number of carbonyl (C=O) groups is 2. The molecule has 0 aliphatic rings. The van der Waals surface area contributed by atoms with Crippen LogP contribution in [0.3, 0.4) is 0 Å². The molecule has 0 saturated heterocycles. The molecule has 0 radical (unpaired) electrons. The molecule has 0 saturated carbocycles. The van der Waals surface area contributed by atoms with Gasteiger partial charge in [-0.1, -0.05) is 30.3 Å². The molecule has 3 rings (SSSR count). The molecule has 1 heterocycles. The summed E-state index contributed by atoms with van der Waals surface area (Å²) >= 11 is 0. The molecular weight excluding hydrogens is 397 g/mol. The van der Waals surface area contributed by atoms with Gasteiger partial charge in [0.2, 0.25) is 0 Å². The van der Waals surface area contributed by atoms with Gasteiger partial charge in [0.1, 0.15) is 0 Å². The number of nitrogens with one attached hydrogen (secondary N) is 1. The van der Waals surface area contributed by atoms with E-state index in [4.69, 9.17) is 4.74 Å². The number of halogens is 3. The second-order valence-electron chi connectivity index (χ2n) is 6.62. The van der Waals surface area contributed by atoms with Gasteiger partial charge in [-0.3, -0.25) is 4.79 Å². The van der Waals surface area contributed by atoms with Crippen LogP contribution < -0.4 is 5.32 Å². The molecule has 156 valence electrons. The van der Waals surface area contributed by atoms with Crippen LogP contribution >= 0.6 is 0 Å². The summed E-state index contributed by atoms with van der Waals surface area (Å²) in [6.07, 6.45) is -4.62. The Hall–Kier alpha value is -3.55. The summed E-state index contributed by atoms with van der Waals surface area (Å²) in [5.74, 6) is -1.60. The summed E-state index contributed by atoms with van der Waals surface area (Å²) in [6.45, 7) is 2.87. The summed E-state index contributed by atoms with van der Waals surface area (Å²) in [5, 5.41) is 2.14. The Morgan fingerprint density at radius 1 is 1.00 bits per heavy atom. The number of aryl methyl sites for hydroxylation is 1. The molecule has 2 aromatic carbocycles. The molecule has 0 spiro atoms. The number of ether oxygens (including phenoxy) is 1. The third-order valence-electron chi connectivity index (χ3n) is 4.51. The van der Waals surface area contributed by atoms with Crippen LogP contribution in [0, 0.1) is 13.8 Å². The van der Waals surface area contributed by atoms with Crippen molar-refractivity contribution in [2.45, 2.75) is 20.0 Å². The summed E-state index contributed by atoms with van der Waals surface area (Å²) in [5.41, 5.74) is 1.21. The van der Waals surface area contributed by atoms with Gasteiger partial charge in [-0.05, 0) is 44.2 Å². The molecule has 1 aromatic heterocycles. The first kappa shape index (κ1) is 21.2. The van der Waals surface area contributed by atoms with E-state index >= 15 is 0 Å². The van der Waals surface area contributed by atoms with Crippen LogP contribution in [0.5, 0.6) is 0 Å². The van der Waals surface area contributed by atoms with Crippen molar-refractivity contribution in [3.8, 4) is 5.69 Å². The van der Waals surface area contributed by atoms with Gasteiger partial charge < -0.3 is 14.6 Å². The maximum atomic E-state index is 13.0. The molecule has 5 nitrogen and oxygen atoms in total. The number of alkyl halides is 3. The SMILES string of the molecule is Cc1cc(C(=O)OCC(=O)Nc2ccccc2C(F)(F)F)c(C)n1-c1ccccc1. The lowest BCUT2D eigenvalue weighted by atomic mass is 10.1. The monoisotopic (exact) mass is 416 g/mol. The van der Waals surface area contributed by atoms with Gasteiger partial charge in [0.15, 0.2) is 6.61 Å². The number of carbonyl (C=O) groups excluding carboxylic acids is 2. The number of para-hydroxylation sites is 2. The maximum Gasteiger partial charge on any atom is 0.418 e. The zero-order chi connectivity index (χ0) is 21.9. The zero-order valence-electron chi connectivity index (χ0n) is 16.3. The normalized spacial score (nSPS) is 11.2. The van der Waals surface area contributed by atoms with E-state index < -0.39 is 35.9 Å². The predicted molar refractivity (Wildman–Crippen MR) is 106 cm³/mol. The van der Waals surface area contributed by atoms with Crippen LogP contribution in [-0.4, -0.2) is 23.1 Å². The van der Waals surface area contributed by atoms with Crippen molar-refractivity contribution in [1.29, 1.82) is 0 Å². The number of esters is 1. The van der Waals surface area contributed by atoms with Crippen molar-refractivity contribution in [1.82, 2.24) is 4.57 Å². The Bertz CT molecular complexity index is 1070. The van der Waals surface area contributed by atoms with Crippen LogP contribution in [0.1, 0.15) is 27.3 Å². The number of nitrogens with zero attached hydrogens (tertiary/aromatic N) is 1. The Morgan fingerprint density at radius 2 is 1.63 bits per heavy atom. The fourth-order valence-electron chi connectivity index (χ4n) is 3.18. The van der Waals surface area contributed by atoms with Gasteiger partial charge >= 0.3 is 12.1 Å². The number of rotatable bonds is 5. The second kappa shape index (κ2) is 8.44. The van der Waals surface area contributed by atoms with Gasteiger partial charge in [0.25, 0.3) is 5.91 Å². The first-order valence-electron chi connectivity index (χ1n) is 9.06. The molecule has 0 fully saturated rings. The van der Waals surface area contributed by atoms with Crippen LogP contribution in [0.4, 0.5) is 18.9 Å². The maximum absolute atomic E-state index is 13.0. The van der Waals surface area contributed by atoms with E-state index in [2.05, 4.69) is 5.32 Å². The van der Waals surface area contributed by atoms with Gasteiger partial charge in [-0.2, -0.15) is 13.2 Å².